The SMILES string of the molecule is CCOC(=O)c1ccccc1NC(=O)C(=O)Nc1ccc(C)c(Cl)c1. The number of esters is 1. The summed E-state index contributed by atoms with van der Waals surface area (Å²) in [6, 6.07) is 11.2. The van der Waals surface area contributed by atoms with E-state index in [4.69, 9.17) is 16.3 Å². The minimum atomic E-state index is -0.909. The van der Waals surface area contributed by atoms with Crippen molar-refractivity contribution in [2.24, 2.45) is 0 Å². The number of anilines is 2. The average Bonchev–Trinajstić information content (AvgIpc) is 2.58. The Morgan fingerprint density at radius 1 is 1.04 bits per heavy atom. The fourth-order valence-electron chi connectivity index (χ4n) is 2.02. The van der Waals surface area contributed by atoms with Crippen molar-refractivity contribution < 1.29 is 19.1 Å². The number of carbonyl (C=O) groups is 3. The summed E-state index contributed by atoms with van der Waals surface area (Å²) in [6.45, 7) is 3.71. The van der Waals surface area contributed by atoms with Gasteiger partial charge in [0, 0.05) is 10.7 Å². The van der Waals surface area contributed by atoms with Gasteiger partial charge in [0.15, 0.2) is 0 Å². The first-order valence-corrected chi connectivity index (χ1v) is 7.94. The van der Waals surface area contributed by atoms with Crippen LogP contribution >= 0.6 is 11.6 Å². The zero-order valence-electron chi connectivity index (χ0n) is 13.8. The van der Waals surface area contributed by atoms with Gasteiger partial charge in [0.1, 0.15) is 0 Å². The predicted molar refractivity (Wildman–Crippen MR) is 95.8 cm³/mol. The average molecular weight is 361 g/mol. The van der Waals surface area contributed by atoms with Gasteiger partial charge in [-0.25, -0.2) is 4.79 Å². The molecule has 0 unspecified atom stereocenters. The molecular formula is C18H17ClN2O4. The Bertz CT molecular complexity index is 820. The van der Waals surface area contributed by atoms with E-state index in [-0.39, 0.29) is 17.9 Å². The molecule has 0 radical (unpaired) electrons. The lowest BCUT2D eigenvalue weighted by molar-refractivity contribution is -0.133. The van der Waals surface area contributed by atoms with E-state index < -0.39 is 17.8 Å². The molecule has 130 valence electrons. The molecule has 0 atom stereocenters. The second-order valence-electron chi connectivity index (χ2n) is 5.14. The number of amides is 2. The summed E-state index contributed by atoms with van der Waals surface area (Å²) in [5, 5.41) is 5.34. The number of ether oxygens (including phenoxy) is 1. The van der Waals surface area contributed by atoms with Gasteiger partial charge in [0.05, 0.1) is 17.9 Å². The molecule has 2 rings (SSSR count). The number of benzene rings is 2. The van der Waals surface area contributed by atoms with Crippen LogP contribution in [0.15, 0.2) is 42.5 Å². The lowest BCUT2D eigenvalue weighted by Crippen LogP contribution is -2.29. The molecule has 0 aliphatic heterocycles. The molecular weight excluding hydrogens is 344 g/mol. The van der Waals surface area contributed by atoms with Crippen molar-refractivity contribution in [2.75, 3.05) is 17.2 Å². The van der Waals surface area contributed by atoms with Crippen LogP contribution in [-0.2, 0) is 14.3 Å². The van der Waals surface area contributed by atoms with Gasteiger partial charge < -0.3 is 15.4 Å². The topological polar surface area (TPSA) is 84.5 Å². The van der Waals surface area contributed by atoms with E-state index in [9.17, 15) is 14.4 Å². The monoisotopic (exact) mass is 360 g/mol. The van der Waals surface area contributed by atoms with Gasteiger partial charge in [0.2, 0.25) is 0 Å². The Balaban J connectivity index is 2.10. The van der Waals surface area contributed by atoms with E-state index in [1.807, 2.05) is 6.92 Å². The summed E-state index contributed by atoms with van der Waals surface area (Å²) in [6.07, 6.45) is 0. The Morgan fingerprint density at radius 3 is 2.40 bits per heavy atom. The maximum atomic E-state index is 12.1. The van der Waals surface area contributed by atoms with Crippen LogP contribution in [0.3, 0.4) is 0 Å². The van der Waals surface area contributed by atoms with E-state index in [0.29, 0.717) is 10.7 Å². The molecule has 2 amide bonds. The lowest BCUT2D eigenvalue weighted by Gasteiger charge is -2.11. The number of para-hydroxylation sites is 1. The molecule has 0 aliphatic carbocycles. The maximum Gasteiger partial charge on any atom is 0.340 e. The summed E-state index contributed by atoms with van der Waals surface area (Å²) in [5.41, 5.74) is 1.62. The van der Waals surface area contributed by atoms with E-state index in [2.05, 4.69) is 10.6 Å². The Morgan fingerprint density at radius 2 is 1.72 bits per heavy atom. The van der Waals surface area contributed by atoms with E-state index in [0.717, 1.165) is 5.56 Å². The van der Waals surface area contributed by atoms with Gasteiger partial charge in [-0.05, 0) is 43.7 Å². The van der Waals surface area contributed by atoms with Crippen LogP contribution in [0.1, 0.15) is 22.8 Å². The zero-order valence-corrected chi connectivity index (χ0v) is 14.5. The molecule has 6 nitrogen and oxygen atoms in total. The van der Waals surface area contributed by atoms with Crippen molar-refractivity contribution in [3.63, 3.8) is 0 Å². The van der Waals surface area contributed by atoms with Gasteiger partial charge in [-0.3, -0.25) is 9.59 Å². The summed E-state index contributed by atoms with van der Waals surface area (Å²) >= 11 is 5.99. The lowest BCUT2D eigenvalue weighted by atomic mass is 10.2. The van der Waals surface area contributed by atoms with Crippen LogP contribution in [0.25, 0.3) is 0 Å². The molecule has 0 heterocycles. The third kappa shape index (κ3) is 4.81. The summed E-state index contributed by atoms with van der Waals surface area (Å²) < 4.78 is 4.93. The van der Waals surface area contributed by atoms with Gasteiger partial charge >= 0.3 is 17.8 Å². The molecule has 2 N–H and O–H groups in total. The van der Waals surface area contributed by atoms with Gasteiger partial charge in [0.25, 0.3) is 0 Å². The third-order valence-corrected chi connectivity index (χ3v) is 3.71. The van der Waals surface area contributed by atoms with Crippen molar-refractivity contribution in [2.45, 2.75) is 13.8 Å². The van der Waals surface area contributed by atoms with Crippen molar-refractivity contribution in [1.82, 2.24) is 0 Å². The molecule has 0 fully saturated rings. The highest BCUT2D eigenvalue weighted by molar-refractivity contribution is 6.44. The van der Waals surface area contributed by atoms with Crippen molar-refractivity contribution in [3.05, 3.63) is 58.6 Å². The third-order valence-electron chi connectivity index (χ3n) is 3.31. The fraction of sp³-hybridized carbons (Fsp3) is 0.167. The van der Waals surface area contributed by atoms with Crippen molar-refractivity contribution >= 4 is 40.8 Å². The Kier molecular flexibility index (Phi) is 6.14. The first-order chi connectivity index (χ1) is 11.9. The summed E-state index contributed by atoms with van der Waals surface area (Å²) in [4.78, 5) is 36.0. The normalized spacial score (nSPS) is 10.0. The van der Waals surface area contributed by atoms with Crippen molar-refractivity contribution in [1.29, 1.82) is 0 Å². The summed E-state index contributed by atoms with van der Waals surface area (Å²) in [7, 11) is 0. The van der Waals surface area contributed by atoms with Gasteiger partial charge in [-0.1, -0.05) is 29.8 Å². The zero-order chi connectivity index (χ0) is 18.4. The minimum Gasteiger partial charge on any atom is -0.462 e. The molecule has 2 aromatic carbocycles. The standard InChI is InChI=1S/C18H17ClN2O4/c1-3-25-18(24)13-6-4-5-7-15(13)21-17(23)16(22)20-12-9-8-11(2)14(19)10-12/h4-10H,3H2,1-2H3,(H,20,22)(H,21,23). The second kappa shape index (κ2) is 8.30. The number of carbonyl (C=O) groups excluding carboxylic acids is 3. The Hall–Kier alpha value is -2.86. The van der Waals surface area contributed by atoms with Crippen LogP contribution in [0.2, 0.25) is 5.02 Å². The molecule has 0 aromatic heterocycles. The number of aryl methyl sites for hydroxylation is 1. The molecule has 7 heteroatoms. The summed E-state index contributed by atoms with van der Waals surface area (Å²) in [5.74, 6) is -2.36. The number of hydrogen-bond acceptors (Lipinski definition) is 4. The van der Waals surface area contributed by atoms with Crippen LogP contribution in [0.5, 0.6) is 0 Å². The predicted octanol–water partition coefficient (Wildman–Crippen LogP) is 3.40. The Labute approximate surface area is 150 Å². The molecule has 0 bridgehead atoms. The number of nitrogens with one attached hydrogen (secondary N) is 2. The minimum absolute atomic E-state index is 0.170. The maximum absolute atomic E-state index is 12.1. The number of hydrogen-bond donors (Lipinski definition) is 2. The highest BCUT2D eigenvalue weighted by atomic mass is 35.5. The first-order valence-electron chi connectivity index (χ1n) is 7.57. The second-order valence-corrected chi connectivity index (χ2v) is 5.55. The van der Waals surface area contributed by atoms with Crippen LogP contribution in [0, 0.1) is 6.92 Å². The van der Waals surface area contributed by atoms with Gasteiger partial charge in [-0.2, -0.15) is 0 Å². The molecule has 25 heavy (non-hydrogen) atoms. The molecule has 0 aliphatic rings. The first kappa shape index (κ1) is 18.5. The molecule has 0 spiro atoms. The molecule has 0 saturated carbocycles. The molecule has 0 saturated heterocycles. The number of rotatable bonds is 4. The quantitative estimate of drug-likeness (QED) is 0.646. The highest BCUT2D eigenvalue weighted by Gasteiger charge is 2.18. The van der Waals surface area contributed by atoms with E-state index >= 15 is 0 Å². The van der Waals surface area contributed by atoms with E-state index in [1.165, 1.54) is 12.1 Å². The van der Waals surface area contributed by atoms with Crippen LogP contribution < -0.4 is 10.6 Å². The highest BCUT2D eigenvalue weighted by Crippen LogP contribution is 2.20. The fourth-order valence-corrected chi connectivity index (χ4v) is 2.20. The molecule has 2 aromatic rings. The van der Waals surface area contributed by atoms with Gasteiger partial charge in [-0.15, -0.1) is 0 Å². The van der Waals surface area contributed by atoms with Crippen molar-refractivity contribution in [3.8, 4) is 0 Å². The largest absolute Gasteiger partial charge is 0.462 e. The van der Waals surface area contributed by atoms with Crippen LogP contribution in [0.4, 0.5) is 11.4 Å². The number of halogens is 1. The van der Waals surface area contributed by atoms with E-state index in [1.54, 1.807) is 37.3 Å². The smallest absolute Gasteiger partial charge is 0.340 e. The van der Waals surface area contributed by atoms with Crippen LogP contribution in [-0.4, -0.2) is 24.4 Å².